The number of nitrogens with two attached hydrogens (primary N) is 1. The second-order valence-electron chi connectivity index (χ2n) is 5.99. The number of amides is 3. The van der Waals surface area contributed by atoms with Gasteiger partial charge in [-0.1, -0.05) is 6.07 Å². The van der Waals surface area contributed by atoms with Gasteiger partial charge in [-0.05, 0) is 44.9 Å². The quantitative estimate of drug-likeness (QED) is 0.795. The SMILES string of the molecule is CC(C)NC(=O)Nc1cccc(C(=O)N2CCCC(N)C2)c1. The minimum Gasteiger partial charge on any atom is -0.337 e. The molecular weight excluding hydrogens is 280 g/mol. The molecule has 1 saturated heterocycles. The Labute approximate surface area is 131 Å². The van der Waals surface area contributed by atoms with Gasteiger partial charge < -0.3 is 21.3 Å². The van der Waals surface area contributed by atoms with Crippen LogP contribution >= 0.6 is 0 Å². The summed E-state index contributed by atoms with van der Waals surface area (Å²) in [5, 5.41) is 5.48. The molecule has 1 aliphatic rings. The zero-order valence-electron chi connectivity index (χ0n) is 13.1. The zero-order chi connectivity index (χ0) is 16.1. The van der Waals surface area contributed by atoms with Crippen molar-refractivity contribution in [3.8, 4) is 0 Å². The molecule has 120 valence electrons. The number of nitrogens with one attached hydrogen (secondary N) is 2. The highest BCUT2D eigenvalue weighted by molar-refractivity contribution is 5.97. The summed E-state index contributed by atoms with van der Waals surface area (Å²) >= 11 is 0. The number of benzene rings is 1. The van der Waals surface area contributed by atoms with Crippen molar-refractivity contribution in [2.75, 3.05) is 18.4 Å². The lowest BCUT2D eigenvalue weighted by molar-refractivity contribution is 0.0709. The minimum atomic E-state index is -0.278. The molecule has 0 aliphatic carbocycles. The predicted molar refractivity (Wildman–Crippen MR) is 86.8 cm³/mol. The van der Waals surface area contributed by atoms with Crippen LogP contribution in [0.1, 0.15) is 37.0 Å². The molecule has 2 rings (SSSR count). The molecule has 1 aliphatic heterocycles. The van der Waals surface area contributed by atoms with Crippen molar-refractivity contribution in [2.45, 2.75) is 38.8 Å². The lowest BCUT2D eigenvalue weighted by atomic mass is 10.1. The number of rotatable bonds is 3. The van der Waals surface area contributed by atoms with Gasteiger partial charge in [0.2, 0.25) is 0 Å². The number of likely N-dealkylation sites (tertiary alicyclic amines) is 1. The van der Waals surface area contributed by atoms with Crippen LogP contribution in [0.5, 0.6) is 0 Å². The first-order chi connectivity index (χ1) is 10.5. The molecule has 6 heteroatoms. The van der Waals surface area contributed by atoms with Crippen molar-refractivity contribution in [1.82, 2.24) is 10.2 Å². The summed E-state index contributed by atoms with van der Waals surface area (Å²) in [6.07, 6.45) is 1.89. The Hall–Kier alpha value is -2.08. The predicted octanol–water partition coefficient (Wildman–Crippen LogP) is 1.78. The average Bonchev–Trinajstić information content (AvgIpc) is 2.45. The third-order valence-corrected chi connectivity index (χ3v) is 3.53. The van der Waals surface area contributed by atoms with Crippen LogP contribution < -0.4 is 16.4 Å². The number of piperidine rings is 1. The maximum absolute atomic E-state index is 12.5. The van der Waals surface area contributed by atoms with Crippen LogP contribution in [0, 0.1) is 0 Å². The first kappa shape index (κ1) is 16.3. The van der Waals surface area contributed by atoms with E-state index in [1.54, 1.807) is 29.2 Å². The van der Waals surface area contributed by atoms with Crippen molar-refractivity contribution in [1.29, 1.82) is 0 Å². The van der Waals surface area contributed by atoms with Gasteiger partial charge in [0, 0.05) is 36.4 Å². The Morgan fingerprint density at radius 1 is 1.36 bits per heavy atom. The van der Waals surface area contributed by atoms with E-state index in [4.69, 9.17) is 5.73 Å². The molecule has 3 amide bonds. The van der Waals surface area contributed by atoms with Gasteiger partial charge in [-0.25, -0.2) is 4.79 Å². The number of hydrogen-bond acceptors (Lipinski definition) is 3. The van der Waals surface area contributed by atoms with Crippen LogP contribution in [-0.4, -0.2) is 42.0 Å². The highest BCUT2D eigenvalue weighted by atomic mass is 16.2. The molecule has 1 aromatic carbocycles. The maximum Gasteiger partial charge on any atom is 0.319 e. The van der Waals surface area contributed by atoms with Crippen molar-refractivity contribution < 1.29 is 9.59 Å². The van der Waals surface area contributed by atoms with E-state index in [0.29, 0.717) is 17.8 Å². The number of urea groups is 1. The van der Waals surface area contributed by atoms with Gasteiger partial charge in [0.05, 0.1) is 0 Å². The van der Waals surface area contributed by atoms with Crippen LogP contribution in [0.2, 0.25) is 0 Å². The van der Waals surface area contributed by atoms with Gasteiger partial charge in [-0.2, -0.15) is 0 Å². The van der Waals surface area contributed by atoms with Crippen LogP contribution in [-0.2, 0) is 0 Å². The number of nitrogens with zero attached hydrogens (tertiary/aromatic N) is 1. The number of hydrogen-bond donors (Lipinski definition) is 3. The third-order valence-electron chi connectivity index (χ3n) is 3.53. The van der Waals surface area contributed by atoms with Crippen molar-refractivity contribution in [3.05, 3.63) is 29.8 Å². The Kier molecular flexibility index (Phi) is 5.38. The summed E-state index contributed by atoms with van der Waals surface area (Å²) in [6, 6.07) is 6.81. The van der Waals surface area contributed by atoms with E-state index >= 15 is 0 Å². The Balaban J connectivity index is 2.04. The van der Waals surface area contributed by atoms with E-state index in [2.05, 4.69) is 10.6 Å². The second kappa shape index (κ2) is 7.26. The maximum atomic E-state index is 12.5. The summed E-state index contributed by atoms with van der Waals surface area (Å²) in [7, 11) is 0. The van der Waals surface area contributed by atoms with E-state index in [1.165, 1.54) is 0 Å². The molecule has 1 fully saturated rings. The van der Waals surface area contributed by atoms with Crippen LogP contribution in [0.15, 0.2) is 24.3 Å². The molecule has 22 heavy (non-hydrogen) atoms. The molecule has 0 spiro atoms. The van der Waals surface area contributed by atoms with E-state index in [9.17, 15) is 9.59 Å². The number of carbonyl (C=O) groups is 2. The first-order valence-corrected chi connectivity index (χ1v) is 7.68. The number of carbonyl (C=O) groups excluding carboxylic acids is 2. The molecule has 0 saturated carbocycles. The van der Waals surface area contributed by atoms with Gasteiger partial charge >= 0.3 is 6.03 Å². The van der Waals surface area contributed by atoms with Gasteiger partial charge in [0.15, 0.2) is 0 Å². The normalized spacial score (nSPS) is 18.2. The summed E-state index contributed by atoms with van der Waals surface area (Å²) in [5.74, 6) is -0.0388. The fourth-order valence-corrected chi connectivity index (χ4v) is 2.54. The fraction of sp³-hybridized carbons (Fsp3) is 0.500. The summed E-state index contributed by atoms with van der Waals surface area (Å²) < 4.78 is 0. The van der Waals surface area contributed by atoms with E-state index in [1.807, 2.05) is 13.8 Å². The Bertz CT molecular complexity index is 545. The monoisotopic (exact) mass is 304 g/mol. The van der Waals surface area contributed by atoms with Crippen molar-refractivity contribution >= 4 is 17.6 Å². The smallest absolute Gasteiger partial charge is 0.319 e. The molecule has 1 heterocycles. The molecule has 0 radical (unpaired) electrons. The zero-order valence-corrected chi connectivity index (χ0v) is 13.1. The number of anilines is 1. The minimum absolute atomic E-state index is 0.0388. The first-order valence-electron chi connectivity index (χ1n) is 7.68. The van der Waals surface area contributed by atoms with Gasteiger partial charge in [-0.15, -0.1) is 0 Å². The fourth-order valence-electron chi connectivity index (χ4n) is 2.54. The average molecular weight is 304 g/mol. The van der Waals surface area contributed by atoms with E-state index in [0.717, 1.165) is 19.4 Å². The molecule has 1 unspecified atom stereocenters. The van der Waals surface area contributed by atoms with Gasteiger partial charge in [-0.3, -0.25) is 4.79 Å². The van der Waals surface area contributed by atoms with Crippen molar-refractivity contribution in [3.63, 3.8) is 0 Å². The third kappa shape index (κ3) is 4.46. The Morgan fingerprint density at radius 3 is 2.82 bits per heavy atom. The van der Waals surface area contributed by atoms with E-state index < -0.39 is 0 Å². The van der Waals surface area contributed by atoms with E-state index in [-0.39, 0.29) is 24.0 Å². The molecule has 1 aromatic rings. The molecule has 4 N–H and O–H groups in total. The summed E-state index contributed by atoms with van der Waals surface area (Å²) in [4.78, 5) is 26.0. The van der Waals surface area contributed by atoms with Crippen LogP contribution in [0.25, 0.3) is 0 Å². The van der Waals surface area contributed by atoms with Crippen LogP contribution in [0.4, 0.5) is 10.5 Å². The molecule has 0 aromatic heterocycles. The highest BCUT2D eigenvalue weighted by Gasteiger charge is 2.22. The topological polar surface area (TPSA) is 87.5 Å². The standard InChI is InChI=1S/C16H24N4O2/c1-11(2)18-16(22)19-14-7-3-5-12(9-14)15(21)20-8-4-6-13(17)10-20/h3,5,7,9,11,13H,4,6,8,10,17H2,1-2H3,(H2,18,19,22). The molecule has 6 nitrogen and oxygen atoms in total. The van der Waals surface area contributed by atoms with Crippen molar-refractivity contribution in [2.24, 2.45) is 5.73 Å². The summed E-state index contributed by atoms with van der Waals surface area (Å²) in [6.45, 7) is 5.10. The lowest BCUT2D eigenvalue weighted by Crippen LogP contribution is -2.45. The highest BCUT2D eigenvalue weighted by Crippen LogP contribution is 2.16. The second-order valence-corrected chi connectivity index (χ2v) is 5.99. The molecule has 0 bridgehead atoms. The molecule has 1 atom stereocenters. The summed E-state index contributed by atoms with van der Waals surface area (Å²) in [5.41, 5.74) is 7.09. The van der Waals surface area contributed by atoms with Gasteiger partial charge in [0.25, 0.3) is 5.91 Å². The lowest BCUT2D eigenvalue weighted by Gasteiger charge is -2.30. The largest absolute Gasteiger partial charge is 0.337 e. The van der Waals surface area contributed by atoms with Crippen LogP contribution in [0.3, 0.4) is 0 Å². The van der Waals surface area contributed by atoms with Gasteiger partial charge in [0.1, 0.15) is 0 Å². The Morgan fingerprint density at radius 2 is 2.14 bits per heavy atom. The molecular formula is C16H24N4O2.